The van der Waals surface area contributed by atoms with Gasteiger partial charge in [-0.1, -0.05) is 35.3 Å². The van der Waals surface area contributed by atoms with E-state index in [1.807, 2.05) is 48.5 Å². The van der Waals surface area contributed by atoms with Crippen molar-refractivity contribution in [2.45, 2.75) is 0 Å². The van der Waals surface area contributed by atoms with Gasteiger partial charge in [-0.15, -0.1) is 0 Å². The van der Waals surface area contributed by atoms with Crippen molar-refractivity contribution in [3.63, 3.8) is 0 Å². The predicted molar refractivity (Wildman–Crippen MR) is 118 cm³/mol. The molecule has 1 heterocycles. The van der Waals surface area contributed by atoms with Crippen LogP contribution in [0.3, 0.4) is 0 Å². The molecule has 0 spiro atoms. The average Bonchev–Trinajstić information content (AvgIpc) is 3.09. The Bertz CT molecular complexity index is 1090. The van der Waals surface area contributed by atoms with E-state index in [0.717, 1.165) is 28.1 Å². The molecule has 4 nitrogen and oxygen atoms in total. The zero-order chi connectivity index (χ0) is 18.8. The summed E-state index contributed by atoms with van der Waals surface area (Å²) in [6.45, 7) is 0. The molecule has 0 fully saturated rings. The van der Waals surface area contributed by atoms with E-state index in [2.05, 4.69) is 20.6 Å². The number of hydrogen-bond acceptors (Lipinski definition) is 2. The van der Waals surface area contributed by atoms with E-state index in [9.17, 15) is 0 Å². The Morgan fingerprint density at radius 3 is 2.44 bits per heavy atom. The molecule has 0 saturated carbocycles. The third-order valence-electron chi connectivity index (χ3n) is 3.98. The lowest BCUT2D eigenvalue weighted by Gasteiger charge is -2.12. The Kier molecular flexibility index (Phi) is 4.99. The van der Waals surface area contributed by atoms with Gasteiger partial charge in [0.15, 0.2) is 5.11 Å². The zero-order valence-electron chi connectivity index (χ0n) is 14.0. The van der Waals surface area contributed by atoms with Crippen molar-refractivity contribution in [2.24, 2.45) is 0 Å². The third kappa shape index (κ3) is 4.06. The molecule has 3 aromatic carbocycles. The molecule has 4 aromatic rings. The summed E-state index contributed by atoms with van der Waals surface area (Å²) < 4.78 is 0. The molecule has 0 atom stereocenters. The number of anilines is 2. The molecule has 134 valence electrons. The monoisotopic (exact) mass is 412 g/mol. The van der Waals surface area contributed by atoms with Gasteiger partial charge in [-0.3, -0.25) is 0 Å². The van der Waals surface area contributed by atoms with Crippen molar-refractivity contribution in [1.29, 1.82) is 0 Å². The van der Waals surface area contributed by atoms with Gasteiger partial charge in [0, 0.05) is 16.3 Å². The van der Waals surface area contributed by atoms with Crippen molar-refractivity contribution in [3.05, 3.63) is 76.8 Å². The molecular weight excluding hydrogens is 399 g/mol. The fraction of sp³-hybridized carbons (Fsp3) is 0. The number of rotatable bonds is 3. The number of aromatic nitrogens is 2. The van der Waals surface area contributed by atoms with Crippen LogP contribution in [0.5, 0.6) is 0 Å². The topological polar surface area (TPSA) is 52.7 Å². The van der Waals surface area contributed by atoms with Crippen molar-refractivity contribution >= 4 is 62.9 Å². The number of nitrogens with zero attached hydrogens (tertiary/aromatic N) is 1. The smallest absolute Gasteiger partial charge is 0.175 e. The van der Waals surface area contributed by atoms with E-state index in [-0.39, 0.29) is 0 Å². The van der Waals surface area contributed by atoms with Crippen LogP contribution in [0.25, 0.3) is 22.4 Å². The number of nitrogens with one attached hydrogen (secondary N) is 3. The van der Waals surface area contributed by atoms with Crippen LogP contribution in [-0.4, -0.2) is 15.1 Å². The van der Waals surface area contributed by atoms with Crippen LogP contribution in [0.15, 0.2) is 66.7 Å². The summed E-state index contributed by atoms with van der Waals surface area (Å²) in [5, 5.41) is 7.72. The standard InChI is InChI=1S/C20H14Cl2N4S/c21-13-7-10-16(15(22)11-13)26-20(27)23-14-8-5-12(6-9-14)19-24-17-3-1-2-4-18(17)25-19/h1-11H,(H,24,25)(H2,23,26,27). The highest BCUT2D eigenvalue weighted by atomic mass is 35.5. The lowest BCUT2D eigenvalue weighted by atomic mass is 10.2. The fourth-order valence-electron chi connectivity index (χ4n) is 2.68. The number of hydrogen-bond donors (Lipinski definition) is 3. The molecule has 0 aliphatic rings. The molecule has 0 unspecified atom stereocenters. The Balaban J connectivity index is 1.46. The predicted octanol–water partition coefficient (Wildman–Crippen LogP) is 6.35. The number of benzene rings is 3. The van der Waals surface area contributed by atoms with Crippen molar-refractivity contribution in [2.75, 3.05) is 10.6 Å². The van der Waals surface area contributed by atoms with E-state index in [1.165, 1.54) is 0 Å². The molecule has 7 heteroatoms. The Labute approximate surface area is 171 Å². The Morgan fingerprint density at radius 2 is 1.70 bits per heavy atom. The van der Waals surface area contributed by atoms with E-state index in [1.54, 1.807) is 18.2 Å². The van der Waals surface area contributed by atoms with Crippen LogP contribution in [-0.2, 0) is 0 Å². The quantitative estimate of drug-likeness (QED) is 0.343. The molecule has 0 bridgehead atoms. The molecule has 0 aliphatic carbocycles. The van der Waals surface area contributed by atoms with Crippen LogP contribution in [0, 0.1) is 0 Å². The molecule has 27 heavy (non-hydrogen) atoms. The second kappa shape index (κ2) is 7.56. The molecule has 0 saturated heterocycles. The number of H-pyrrole nitrogens is 1. The lowest BCUT2D eigenvalue weighted by molar-refractivity contribution is 1.34. The molecular formula is C20H14Cl2N4S. The first-order valence-corrected chi connectivity index (χ1v) is 9.33. The number of halogens is 2. The van der Waals surface area contributed by atoms with E-state index in [4.69, 9.17) is 35.4 Å². The highest BCUT2D eigenvalue weighted by molar-refractivity contribution is 7.80. The summed E-state index contributed by atoms with van der Waals surface area (Å²) in [5.74, 6) is 0.830. The fourth-order valence-corrected chi connectivity index (χ4v) is 3.36. The first-order valence-electron chi connectivity index (χ1n) is 8.17. The molecule has 0 amide bonds. The highest BCUT2D eigenvalue weighted by Gasteiger charge is 2.06. The number of fused-ring (bicyclic) bond motifs is 1. The number of imidazole rings is 1. The number of aromatic amines is 1. The van der Waals surface area contributed by atoms with Gasteiger partial charge in [-0.25, -0.2) is 4.98 Å². The van der Waals surface area contributed by atoms with E-state index in [0.29, 0.717) is 20.8 Å². The summed E-state index contributed by atoms with van der Waals surface area (Å²) in [6, 6.07) is 21.0. The maximum Gasteiger partial charge on any atom is 0.175 e. The molecule has 3 N–H and O–H groups in total. The van der Waals surface area contributed by atoms with Crippen molar-refractivity contribution < 1.29 is 0 Å². The lowest BCUT2D eigenvalue weighted by Crippen LogP contribution is -2.19. The van der Waals surface area contributed by atoms with Crippen LogP contribution in [0.1, 0.15) is 0 Å². The first-order chi connectivity index (χ1) is 13.1. The summed E-state index contributed by atoms with van der Waals surface area (Å²) in [7, 11) is 0. The summed E-state index contributed by atoms with van der Waals surface area (Å²) in [5.41, 5.74) is 4.51. The Morgan fingerprint density at radius 1 is 0.926 bits per heavy atom. The third-order valence-corrected chi connectivity index (χ3v) is 4.74. The molecule has 1 aromatic heterocycles. The van der Waals surface area contributed by atoms with Gasteiger partial charge in [0.25, 0.3) is 0 Å². The maximum absolute atomic E-state index is 6.15. The second-order valence-electron chi connectivity index (χ2n) is 5.88. The van der Waals surface area contributed by atoms with E-state index < -0.39 is 0 Å². The van der Waals surface area contributed by atoms with Crippen LogP contribution in [0.2, 0.25) is 10.0 Å². The minimum absolute atomic E-state index is 0.440. The Hall–Kier alpha value is -2.60. The largest absolute Gasteiger partial charge is 0.338 e. The second-order valence-corrected chi connectivity index (χ2v) is 7.14. The highest BCUT2D eigenvalue weighted by Crippen LogP contribution is 2.26. The average molecular weight is 413 g/mol. The summed E-state index contributed by atoms with van der Waals surface area (Å²) in [4.78, 5) is 7.93. The summed E-state index contributed by atoms with van der Waals surface area (Å²) in [6.07, 6.45) is 0. The molecule has 0 radical (unpaired) electrons. The van der Waals surface area contributed by atoms with Crippen LogP contribution >= 0.6 is 35.4 Å². The van der Waals surface area contributed by atoms with E-state index >= 15 is 0 Å². The molecule has 0 aliphatic heterocycles. The van der Waals surface area contributed by atoms with Gasteiger partial charge in [0.1, 0.15) is 5.82 Å². The van der Waals surface area contributed by atoms with Crippen LogP contribution < -0.4 is 10.6 Å². The minimum atomic E-state index is 0.440. The normalized spacial score (nSPS) is 10.7. The van der Waals surface area contributed by atoms with Crippen molar-refractivity contribution in [1.82, 2.24) is 9.97 Å². The van der Waals surface area contributed by atoms with Gasteiger partial charge in [0.05, 0.1) is 21.7 Å². The maximum atomic E-state index is 6.15. The van der Waals surface area contributed by atoms with Gasteiger partial charge in [0.2, 0.25) is 0 Å². The van der Waals surface area contributed by atoms with Gasteiger partial charge >= 0.3 is 0 Å². The zero-order valence-corrected chi connectivity index (χ0v) is 16.3. The number of para-hydroxylation sites is 2. The van der Waals surface area contributed by atoms with Crippen molar-refractivity contribution in [3.8, 4) is 11.4 Å². The van der Waals surface area contributed by atoms with Crippen LogP contribution in [0.4, 0.5) is 11.4 Å². The SMILES string of the molecule is S=C(Nc1ccc(-c2nc3ccccc3[nH]2)cc1)Nc1ccc(Cl)cc1Cl. The van der Waals surface area contributed by atoms with Gasteiger partial charge < -0.3 is 15.6 Å². The van der Waals surface area contributed by atoms with Gasteiger partial charge in [-0.2, -0.15) is 0 Å². The first kappa shape index (κ1) is 17.8. The molecule has 4 rings (SSSR count). The minimum Gasteiger partial charge on any atom is -0.338 e. The number of thiocarbonyl (C=S) groups is 1. The summed E-state index contributed by atoms with van der Waals surface area (Å²) >= 11 is 17.4. The van der Waals surface area contributed by atoms with Gasteiger partial charge in [-0.05, 0) is 66.8 Å².